The van der Waals surface area contributed by atoms with Crippen molar-refractivity contribution in [2.24, 2.45) is 5.84 Å². The van der Waals surface area contributed by atoms with Crippen molar-refractivity contribution in [3.8, 4) is 0 Å². The summed E-state index contributed by atoms with van der Waals surface area (Å²) in [5, 5.41) is 38.5. The second-order valence-corrected chi connectivity index (χ2v) is 2.01. The highest BCUT2D eigenvalue weighted by Gasteiger charge is 1.92. The minimum Gasteiger partial charge on any atom is -0.402 e. The van der Waals surface area contributed by atoms with Gasteiger partial charge >= 0.3 is 7.32 Å². The molecule has 7 N–H and O–H groups in total. The molecule has 0 saturated heterocycles. The summed E-state index contributed by atoms with van der Waals surface area (Å²) >= 11 is 0. The molecule has 0 amide bonds. The van der Waals surface area contributed by atoms with Gasteiger partial charge in [-0.3, -0.25) is 5.84 Å². The summed E-state index contributed by atoms with van der Waals surface area (Å²) in [6.45, 7) is 5.69. The molecule has 0 heterocycles. The van der Waals surface area contributed by atoms with E-state index in [9.17, 15) is 0 Å². The summed E-state index contributed by atoms with van der Waals surface area (Å²) in [6, 6.07) is 0. The van der Waals surface area contributed by atoms with E-state index in [2.05, 4.69) is 0 Å². The lowest BCUT2D eigenvalue weighted by atomic mass is 10.3. The number of nitrogens with two attached hydrogens (primary N) is 1. The Morgan fingerprint density at radius 2 is 1.21 bits per heavy atom. The van der Waals surface area contributed by atoms with Crippen LogP contribution in [0.3, 0.4) is 0 Å². The normalized spacial score (nSPS) is 8.36. The summed E-state index contributed by atoms with van der Waals surface area (Å²) in [4.78, 5) is 0. The van der Waals surface area contributed by atoms with Crippen molar-refractivity contribution in [3.63, 3.8) is 0 Å². The first kappa shape index (κ1) is 19.4. The van der Waals surface area contributed by atoms with Gasteiger partial charge in [0.25, 0.3) is 0 Å². The van der Waals surface area contributed by atoms with Crippen LogP contribution in [0.1, 0.15) is 13.8 Å². The Labute approximate surface area is 84.5 Å². The van der Waals surface area contributed by atoms with Crippen LogP contribution in [0.2, 0.25) is 0 Å². The predicted octanol–water partition coefficient (Wildman–Crippen LogP) is -2.88. The van der Waals surface area contributed by atoms with E-state index in [0.29, 0.717) is 0 Å². The summed E-state index contributed by atoms with van der Waals surface area (Å²) in [5.41, 5.74) is 0. The fraction of sp³-hybridized carbons (Fsp3) is 1.00. The van der Waals surface area contributed by atoms with Crippen LogP contribution in [0.4, 0.5) is 0 Å². The van der Waals surface area contributed by atoms with Gasteiger partial charge in [0.1, 0.15) is 0 Å². The SMILES string of the molecule is CCN(N)CC.OB(O)O.OCCO. The topological polar surface area (TPSA) is 130 Å². The Balaban J connectivity index is -0.000000135. The van der Waals surface area contributed by atoms with Crippen molar-refractivity contribution < 1.29 is 25.3 Å². The van der Waals surface area contributed by atoms with E-state index in [4.69, 9.17) is 31.1 Å². The van der Waals surface area contributed by atoms with E-state index >= 15 is 0 Å². The summed E-state index contributed by atoms with van der Waals surface area (Å²) < 4.78 is 0. The van der Waals surface area contributed by atoms with Gasteiger partial charge < -0.3 is 25.3 Å². The third kappa shape index (κ3) is 59.9. The third-order valence-electron chi connectivity index (χ3n) is 0.912. The molecule has 0 saturated carbocycles. The molecule has 14 heavy (non-hydrogen) atoms. The zero-order chi connectivity index (χ0) is 12.0. The highest BCUT2D eigenvalue weighted by Crippen LogP contribution is 1.68. The molecule has 0 unspecified atom stereocenters. The van der Waals surface area contributed by atoms with E-state index < -0.39 is 7.32 Å². The Kier molecular flexibility index (Phi) is 25.7. The number of hydrogen-bond acceptors (Lipinski definition) is 7. The zero-order valence-electron chi connectivity index (χ0n) is 8.67. The van der Waals surface area contributed by atoms with Crippen LogP contribution >= 0.6 is 0 Å². The van der Waals surface area contributed by atoms with Gasteiger partial charge in [-0.05, 0) is 0 Å². The molecule has 0 aliphatic heterocycles. The number of hydrogen-bond donors (Lipinski definition) is 6. The smallest absolute Gasteiger partial charge is 0.402 e. The molecule has 0 fully saturated rings. The molecule has 0 atom stereocenters. The number of hydrazine groups is 1. The van der Waals surface area contributed by atoms with Gasteiger partial charge in [-0.15, -0.1) is 0 Å². The Morgan fingerprint density at radius 1 is 1.00 bits per heavy atom. The number of rotatable bonds is 3. The lowest BCUT2D eigenvalue weighted by Crippen LogP contribution is -2.29. The van der Waals surface area contributed by atoms with Gasteiger partial charge in [0.15, 0.2) is 0 Å². The van der Waals surface area contributed by atoms with E-state index in [1.54, 1.807) is 5.01 Å². The summed E-state index contributed by atoms with van der Waals surface area (Å²) in [6.07, 6.45) is 0. The maximum Gasteiger partial charge on any atom is 0.631 e. The number of aliphatic hydroxyl groups excluding tert-OH is 2. The van der Waals surface area contributed by atoms with Crippen molar-refractivity contribution in [2.75, 3.05) is 26.3 Å². The van der Waals surface area contributed by atoms with Crippen LogP contribution < -0.4 is 5.84 Å². The average Bonchev–Trinajstić information content (AvgIpc) is 2.16. The Bertz CT molecular complexity index is 79.9. The molecule has 88 valence electrons. The van der Waals surface area contributed by atoms with E-state index in [1.807, 2.05) is 13.8 Å². The minimum atomic E-state index is -2.17. The molecule has 0 aliphatic carbocycles. The fourth-order valence-electron chi connectivity index (χ4n) is 0.224. The molecule has 0 aromatic heterocycles. The van der Waals surface area contributed by atoms with Gasteiger partial charge in [0.2, 0.25) is 0 Å². The molecular weight excluding hydrogens is 191 g/mol. The monoisotopic (exact) mass is 212 g/mol. The second kappa shape index (κ2) is 18.5. The van der Waals surface area contributed by atoms with Crippen LogP contribution in [0.15, 0.2) is 0 Å². The number of nitrogens with zero attached hydrogens (tertiary/aromatic N) is 1. The molecule has 0 spiro atoms. The van der Waals surface area contributed by atoms with Gasteiger partial charge in [0, 0.05) is 13.1 Å². The molecule has 0 aromatic carbocycles. The quantitative estimate of drug-likeness (QED) is 0.168. The molecule has 8 heteroatoms. The molecular formula is C6H21BN2O5. The van der Waals surface area contributed by atoms with Crippen LogP contribution in [0.25, 0.3) is 0 Å². The van der Waals surface area contributed by atoms with E-state index in [1.165, 1.54) is 0 Å². The van der Waals surface area contributed by atoms with E-state index in [-0.39, 0.29) is 13.2 Å². The second-order valence-electron chi connectivity index (χ2n) is 2.01. The molecule has 0 aliphatic rings. The van der Waals surface area contributed by atoms with Gasteiger partial charge in [-0.2, -0.15) is 0 Å². The zero-order valence-corrected chi connectivity index (χ0v) is 8.67. The van der Waals surface area contributed by atoms with E-state index in [0.717, 1.165) is 13.1 Å². The Hall–Kier alpha value is -0.215. The van der Waals surface area contributed by atoms with Crippen LogP contribution in [0, 0.1) is 0 Å². The largest absolute Gasteiger partial charge is 0.631 e. The fourth-order valence-corrected chi connectivity index (χ4v) is 0.224. The molecule has 0 radical (unpaired) electrons. The first-order valence-electron chi connectivity index (χ1n) is 4.21. The first-order chi connectivity index (χ1) is 6.45. The highest BCUT2D eigenvalue weighted by atomic mass is 16.5. The maximum absolute atomic E-state index is 7.62. The summed E-state index contributed by atoms with van der Waals surface area (Å²) in [7, 11) is -2.17. The maximum atomic E-state index is 7.62. The number of aliphatic hydroxyl groups is 2. The van der Waals surface area contributed by atoms with Crippen molar-refractivity contribution in [1.82, 2.24) is 5.01 Å². The predicted molar refractivity (Wildman–Crippen MR) is 53.7 cm³/mol. The van der Waals surface area contributed by atoms with Crippen molar-refractivity contribution in [3.05, 3.63) is 0 Å². The van der Waals surface area contributed by atoms with Gasteiger partial charge in [-0.1, -0.05) is 13.8 Å². The minimum absolute atomic E-state index is 0.125. The third-order valence-corrected chi connectivity index (χ3v) is 0.912. The lowest BCUT2D eigenvalue weighted by molar-refractivity contribution is 0.186. The van der Waals surface area contributed by atoms with Crippen molar-refractivity contribution in [1.29, 1.82) is 0 Å². The van der Waals surface area contributed by atoms with Crippen LogP contribution in [-0.2, 0) is 0 Å². The summed E-state index contributed by atoms with van der Waals surface area (Å²) in [5.74, 6) is 5.31. The average molecular weight is 212 g/mol. The molecule has 7 nitrogen and oxygen atoms in total. The van der Waals surface area contributed by atoms with Crippen molar-refractivity contribution >= 4 is 7.32 Å². The molecule has 0 bridgehead atoms. The Morgan fingerprint density at radius 3 is 1.21 bits per heavy atom. The standard InChI is InChI=1S/C4H12N2.C2H6O2.BH3O3/c1-3-6(5)4-2;3-1-2-4;2-1(3)4/h3-5H2,1-2H3;3-4H,1-2H2;2-4H. The lowest BCUT2D eigenvalue weighted by Gasteiger charge is -2.07. The van der Waals surface area contributed by atoms with Crippen molar-refractivity contribution in [2.45, 2.75) is 13.8 Å². The van der Waals surface area contributed by atoms with Crippen LogP contribution in [-0.4, -0.2) is 63.9 Å². The van der Waals surface area contributed by atoms with Gasteiger partial charge in [-0.25, -0.2) is 5.01 Å². The van der Waals surface area contributed by atoms with Gasteiger partial charge in [0.05, 0.1) is 13.2 Å². The first-order valence-corrected chi connectivity index (χ1v) is 4.21. The van der Waals surface area contributed by atoms with Crippen LogP contribution in [0.5, 0.6) is 0 Å². The molecule has 0 aromatic rings. The highest BCUT2D eigenvalue weighted by molar-refractivity contribution is 6.30. The molecule has 0 rings (SSSR count).